The topological polar surface area (TPSA) is 0 Å². The molecule has 0 aliphatic heterocycles. The van der Waals surface area contributed by atoms with Crippen molar-refractivity contribution in [3.05, 3.63) is 0 Å². The van der Waals surface area contributed by atoms with Crippen molar-refractivity contribution in [3.8, 4) is 0 Å². The summed E-state index contributed by atoms with van der Waals surface area (Å²) in [6.45, 7) is 0. The minimum absolute atomic E-state index is 0. The molecule has 0 spiro atoms. The van der Waals surface area contributed by atoms with Crippen LogP contribution in [0.5, 0.6) is 0 Å². The maximum atomic E-state index is 0. The molecule has 0 amide bonds. The molecule has 0 N–H and O–H groups in total. The summed E-state index contributed by atoms with van der Waals surface area (Å²) in [6, 6.07) is 0. The van der Waals surface area contributed by atoms with Gasteiger partial charge in [0.05, 0.1) is 0 Å². The monoisotopic (exact) mass is 263 g/mol. The minimum atomic E-state index is 0. The van der Waals surface area contributed by atoms with Gasteiger partial charge in [-0.3, -0.25) is 0 Å². The second-order valence-electron chi connectivity index (χ2n) is 0. The number of hydrogen-bond donors (Lipinski definition) is 0. The Kier molecular flexibility index (Phi) is 124. The average molecular weight is 262 g/mol. The molecule has 0 rings (SSSR count). The molecule has 0 saturated heterocycles. The first-order chi connectivity index (χ1) is 0. The fourth-order valence-corrected chi connectivity index (χ4v) is 0. The van der Waals surface area contributed by atoms with Gasteiger partial charge in [-0.05, 0) is 0 Å². The molecule has 0 aromatic heterocycles. The van der Waals surface area contributed by atoms with E-state index in [0.29, 0.717) is 0 Å². The summed E-state index contributed by atoms with van der Waals surface area (Å²) in [5, 5.41) is 0. The smallest absolute Gasteiger partial charge is 0 e. The Morgan fingerprint density at radius 2 is 1.00 bits per heavy atom. The first-order valence-electron chi connectivity index (χ1n) is 0. The predicted molar refractivity (Wildman–Crippen MR) is 5.75 cm³/mol. The van der Waals surface area contributed by atoms with Crippen LogP contribution < -0.4 is 0 Å². The molecule has 0 atom stereocenters. The standard InChI is InChI=1S/Al.Mo.Ti.Zr. The number of rotatable bonds is 0. The molecule has 0 bridgehead atoms. The Bertz CT molecular complexity index is 8.00. The van der Waals surface area contributed by atoms with Crippen LogP contribution in [0.4, 0.5) is 0 Å². The SMILES string of the molecule is [Al].[Mo].[Ti].[Zr]. The zero-order valence-corrected chi connectivity index (χ0v) is 9.17. The normalized spacial score (nSPS) is 0. The molecule has 0 unspecified atom stereocenters. The van der Waals surface area contributed by atoms with Gasteiger partial charge in [-0.1, -0.05) is 0 Å². The molecule has 0 aliphatic carbocycles. The van der Waals surface area contributed by atoms with Crippen LogP contribution in [0.25, 0.3) is 0 Å². The maximum Gasteiger partial charge on any atom is 0 e. The molecule has 4 heavy (non-hydrogen) atoms. The summed E-state index contributed by atoms with van der Waals surface area (Å²) in [5.74, 6) is 0. The Morgan fingerprint density at radius 1 is 1.00 bits per heavy atom. The molecule has 0 fully saturated rings. The first kappa shape index (κ1) is 29.1. The van der Waals surface area contributed by atoms with Gasteiger partial charge in [0.25, 0.3) is 0 Å². The van der Waals surface area contributed by atoms with E-state index in [9.17, 15) is 0 Å². The van der Waals surface area contributed by atoms with Crippen LogP contribution in [0, 0.1) is 0 Å². The van der Waals surface area contributed by atoms with Crippen molar-refractivity contribution in [2.75, 3.05) is 0 Å². The zero-order chi connectivity index (χ0) is 0. The Balaban J connectivity index is 0. The summed E-state index contributed by atoms with van der Waals surface area (Å²) in [5.41, 5.74) is 0. The van der Waals surface area contributed by atoms with Crippen LogP contribution in [0.1, 0.15) is 0 Å². The Labute approximate surface area is 84.9 Å². The van der Waals surface area contributed by atoms with Crippen molar-refractivity contribution in [1.29, 1.82) is 0 Å². The van der Waals surface area contributed by atoms with Gasteiger partial charge in [0.2, 0.25) is 0 Å². The molecule has 17 valence electrons. The second kappa shape index (κ2) is 17.0. The molecule has 0 heterocycles. The van der Waals surface area contributed by atoms with E-state index in [0.717, 1.165) is 0 Å². The molecule has 4 heteroatoms. The van der Waals surface area contributed by atoms with E-state index in [4.69, 9.17) is 0 Å². The quantitative estimate of drug-likeness (QED) is 0.522. The fraction of sp³-hybridized carbons (Fsp3) is 0. The van der Waals surface area contributed by atoms with Crippen LogP contribution in [0.15, 0.2) is 0 Å². The largest absolute Gasteiger partial charge is 0 e. The molecule has 0 aromatic rings. The van der Waals surface area contributed by atoms with E-state index >= 15 is 0 Å². The maximum absolute atomic E-state index is 0. The van der Waals surface area contributed by atoms with Crippen molar-refractivity contribution >= 4 is 17.4 Å². The van der Waals surface area contributed by atoms with Crippen LogP contribution >= 0.6 is 0 Å². The fourth-order valence-electron chi connectivity index (χ4n) is 0. The van der Waals surface area contributed by atoms with Crippen molar-refractivity contribution in [2.24, 2.45) is 0 Å². The van der Waals surface area contributed by atoms with Crippen LogP contribution in [-0.4, -0.2) is 17.4 Å². The van der Waals surface area contributed by atoms with E-state index in [1.54, 1.807) is 0 Å². The summed E-state index contributed by atoms with van der Waals surface area (Å²) < 4.78 is 0. The minimum Gasteiger partial charge on any atom is 0 e. The Hall–Kier alpha value is 2.82. The molecule has 0 aromatic carbocycles. The van der Waals surface area contributed by atoms with Gasteiger partial charge >= 0.3 is 0 Å². The Morgan fingerprint density at radius 3 is 1.00 bits per heavy atom. The molecule has 0 nitrogen and oxygen atoms in total. The van der Waals surface area contributed by atoms with Crippen molar-refractivity contribution in [2.45, 2.75) is 0 Å². The molecule has 0 aliphatic rings. The summed E-state index contributed by atoms with van der Waals surface area (Å²) in [7, 11) is 0. The van der Waals surface area contributed by atoms with Gasteiger partial charge < -0.3 is 0 Å². The van der Waals surface area contributed by atoms with Gasteiger partial charge in [0.15, 0.2) is 0 Å². The molecule has 3 radical (unpaired) electrons. The summed E-state index contributed by atoms with van der Waals surface area (Å²) in [6.07, 6.45) is 0. The third-order valence-corrected chi connectivity index (χ3v) is 0. The first-order valence-corrected chi connectivity index (χ1v) is 0. The summed E-state index contributed by atoms with van der Waals surface area (Å²) in [4.78, 5) is 0. The van der Waals surface area contributed by atoms with Crippen molar-refractivity contribution in [3.63, 3.8) is 0 Å². The van der Waals surface area contributed by atoms with Crippen LogP contribution in [0.2, 0.25) is 0 Å². The van der Waals surface area contributed by atoms with Crippen LogP contribution in [0.3, 0.4) is 0 Å². The van der Waals surface area contributed by atoms with E-state index in [2.05, 4.69) is 0 Å². The van der Waals surface area contributed by atoms with Gasteiger partial charge in [-0.2, -0.15) is 0 Å². The van der Waals surface area contributed by atoms with Gasteiger partial charge in [-0.25, -0.2) is 0 Å². The van der Waals surface area contributed by atoms with E-state index < -0.39 is 0 Å². The predicted octanol–water partition coefficient (Wildman–Crippen LogP) is -0.388. The molecule has 0 saturated carbocycles. The zero-order valence-electron chi connectivity index (χ0n) is 1.99. The average Bonchev–Trinajstić information content (AvgIpc) is 0. The van der Waals surface area contributed by atoms with Crippen LogP contribution in [-0.2, 0) is 69.0 Å². The van der Waals surface area contributed by atoms with E-state index in [1.165, 1.54) is 0 Å². The van der Waals surface area contributed by atoms with Crippen molar-refractivity contribution in [1.82, 2.24) is 0 Å². The van der Waals surface area contributed by atoms with E-state index in [1.807, 2.05) is 0 Å². The third kappa shape index (κ3) is 8.84. The third-order valence-electron chi connectivity index (χ3n) is 0. The summed E-state index contributed by atoms with van der Waals surface area (Å²) >= 11 is 0. The van der Waals surface area contributed by atoms with Crippen molar-refractivity contribution < 1.29 is 69.0 Å². The van der Waals surface area contributed by atoms with Gasteiger partial charge in [-0.15, -0.1) is 0 Å². The van der Waals surface area contributed by atoms with Gasteiger partial charge in [0, 0.05) is 86.3 Å². The van der Waals surface area contributed by atoms with Gasteiger partial charge in [0.1, 0.15) is 0 Å². The molecular weight excluding hydrogens is 262 g/mol. The number of hydrogen-bond acceptors (Lipinski definition) is 0. The van der Waals surface area contributed by atoms with E-state index in [-0.39, 0.29) is 86.3 Å². The molecular formula is AlMoTiZr. The second-order valence-corrected chi connectivity index (χ2v) is 0.